The molecule has 4 rings (SSSR count). The molecule has 7 heteroatoms. The van der Waals surface area contributed by atoms with Gasteiger partial charge in [0.1, 0.15) is 4.90 Å². The van der Waals surface area contributed by atoms with Crippen molar-refractivity contribution in [3.05, 3.63) is 47.3 Å². The van der Waals surface area contributed by atoms with E-state index in [4.69, 9.17) is 0 Å². The summed E-state index contributed by atoms with van der Waals surface area (Å²) in [6.07, 6.45) is 6.55. The number of sulfone groups is 1. The van der Waals surface area contributed by atoms with Crippen LogP contribution in [0.25, 0.3) is 0 Å². The van der Waals surface area contributed by atoms with Gasteiger partial charge in [0.05, 0.1) is 11.9 Å². The zero-order chi connectivity index (χ0) is 18.1. The molecule has 1 aromatic heterocycles. The van der Waals surface area contributed by atoms with Crippen LogP contribution in [0.15, 0.2) is 35.4 Å². The van der Waals surface area contributed by atoms with Crippen LogP contribution in [0, 0.1) is 0 Å². The molecular weight excluding hydrogens is 348 g/mol. The number of fused-ring (bicyclic) bond motifs is 1. The van der Waals surface area contributed by atoms with Gasteiger partial charge in [-0.2, -0.15) is 0 Å². The van der Waals surface area contributed by atoms with Crippen LogP contribution in [-0.4, -0.2) is 43.8 Å². The number of anilines is 1. The number of nitrogens with zero attached hydrogens (tertiary/aromatic N) is 2. The maximum atomic E-state index is 12.2. The normalized spacial score (nSPS) is 20.7. The summed E-state index contributed by atoms with van der Waals surface area (Å²) in [6, 6.07) is 8.68. The van der Waals surface area contributed by atoms with Gasteiger partial charge in [0.25, 0.3) is 0 Å². The summed E-state index contributed by atoms with van der Waals surface area (Å²) < 4.78 is 24.4. The summed E-state index contributed by atoms with van der Waals surface area (Å²) in [5.74, 6) is 0.633. The number of nitrogens with one attached hydrogen (secondary N) is 2. The van der Waals surface area contributed by atoms with Crippen molar-refractivity contribution in [1.82, 2.24) is 15.3 Å². The summed E-state index contributed by atoms with van der Waals surface area (Å²) in [5.41, 5.74) is 3.36. The van der Waals surface area contributed by atoms with Crippen molar-refractivity contribution in [3.63, 3.8) is 0 Å². The van der Waals surface area contributed by atoms with E-state index >= 15 is 0 Å². The van der Waals surface area contributed by atoms with E-state index in [-0.39, 0.29) is 16.9 Å². The molecule has 1 aliphatic heterocycles. The molecule has 1 atom stereocenters. The molecule has 138 valence electrons. The van der Waals surface area contributed by atoms with E-state index in [2.05, 4.69) is 44.9 Å². The molecule has 2 N–H and O–H groups in total. The van der Waals surface area contributed by atoms with Crippen LogP contribution in [0.1, 0.15) is 35.6 Å². The molecule has 1 aromatic carbocycles. The van der Waals surface area contributed by atoms with Gasteiger partial charge < -0.3 is 10.6 Å². The van der Waals surface area contributed by atoms with Crippen molar-refractivity contribution in [2.45, 2.75) is 42.5 Å². The summed E-state index contributed by atoms with van der Waals surface area (Å²) in [5, 5.41) is 6.75. The standard InChI is InChI=1S/C19H24N4O2S/c1-26(24,25)17-12-21-19(23-18(17)15-7-4-8-20-11-15)22-16-9-13-5-2-3-6-14(13)10-16/h2-3,5-6,12,15-16,20H,4,7-11H2,1H3,(H,21,22,23)/t15-/m1/s1. The fraction of sp³-hybridized carbons (Fsp3) is 0.474. The predicted molar refractivity (Wildman–Crippen MR) is 101 cm³/mol. The van der Waals surface area contributed by atoms with Crippen molar-refractivity contribution in [2.24, 2.45) is 0 Å². The Balaban J connectivity index is 1.59. The molecule has 1 fully saturated rings. The molecule has 6 nitrogen and oxygen atoms in total. The van der Waals surface area contributed by atoms with E-state index in [0.717, 1.165) is 38.8 Å². The van der Waals surface area contributed by atoms with Crippen LogP contribution < -0.4 is 10.6 Å². The van der Waals surface area contributed by atoms with Crippen molar-refractivity contribution in [2.75, 3.05) is 24.7 Å². The first-order valence-electron chi connectivity index (χ1n) is 9.12. The topological polar surface area (TPSA) is 84.0 Å². The molecular formula is C19H24N4O2S. The van der Waals surface area contributed by atoms with E-state index in [0.29, 0.717) is 11.6 Å². The van der Waals surface area contributed by atoms with Gasteiger partial charge in [-0.1, -0.05) is 24.3 Å². The molecule has 2 heterocycles. The highest BCUT2D eigenvalue weighted by atomic mass is 32.2. The average Bonchev–Trinajstić information content (AvgIpc) is 3.03. The quantitative estimate of drug-likeness (QED) is 0.853. The highest BCUT2D eigenvalue weighted by Crippen LogP contribution is 2.29. The first-order chi connectivity index (χ1) is 12.5. The molecule has 1 aliphatic carbocycles. The maximum Gasteiger partial charge on any atom is 0.223 e. The van der Waals surface area contributed by atoms with Crippen LogP contribution in [0.3, 0.4) is 0 Å². The van der Waals surface area contributed by atoms with Gasteiger partial charge >= 0.3 is 0 Å². The first-order valence-corrected chi connectivity index (χ1v) is 11.0. The minimum absolute atomic E-state index is 0.109. The Morgan fingerprint density at radius 2 is 1.92 bits per heavy atom. The highest BCUT2D eigenvalue weighted by Gasteiger charge is 2.27. The Labute approximate surface area is 154 Å². The zero-order valence-electron chi connectivity index (χ0n) is 14.9. The summed E-state index contributed by atoms with van der Waals surface area (Å²) in [4.78, 5) is 9.21. The largest absolute Gasteiger partial charge is 0.351 e. The van der Waals surface area contributed by atoms with Gasteiger partial charge in [-0.05, 0) is 43.4 Å². The highest BCUT2D eigenvalue weighted by molar-refractivity contribution is 7.90. The van der Waals surface area contributed by atoms with Crippen LogP contribution in [0.4, 0.5) is 5.95 Å². The van der Waals surface area contributed by atoms with Crippen LogP contribution in [0.5, 0.6) is 0 Å². The first kappa shape index (κ1) is 17.4. The molecule has 1 saturated heterocycles. The van der Waals surface area contributed by atoms with Gasteiger partial charge in [-0.25, -0.2) is 18.4 Å². The average molecular weight is 372 g/mol. The lowest BCUT2D eigenvalue weighted by molar-refractivity contribution is 0.448. The number of hydrogen-bond donors (Lipinski definition) is 2. The number of rotatable bonds is 4. The van der Waals surface area contributed by atoms with Gasteiger partial charge in [0.15, 0.2) is 9.84 Å². The fourth-order valence-corrected chi connectivity index (χ4v) is 4.80. The smallest absolute Gasteiger partial charge is 0.223 e. The lowest BCUT2D eigenvalue weighted by Gasteiger charge is -2.24. The molecule has 26 heavy (non-hydrogen) atoms. The molecule has 0 radical (unpaired) electrons. The monoisotopic (exact) mass is 372 g/mol. The Morgan fingerprint density at radius 3 is 2.54 bits per heavy atom. The van der Waals surface area contributed by atoms with Crippen LogP contribution in [0.2, 0.25) is 0 Å². The molecule has 0 amide bonds. The van der Waals surface area contributed by atoms with Crippen LogP contribution in [-0.2, 0) is 22.7 Å². The maximum absolute atomic E-state index is 12.2. The third kappa shape index (κ3) is 3.59. The second kappa shape index (κ2) is 6.96. The third-order valence-corrected chi connectivity index (χ3v) is 6.36. The van der Waals surface area contributed by atoms with Crippen molar-refractivity contribution < 1.29 is 8.42 Å². The number of aromatic nitrogens is 2. The summed E-state index contributed by atoms with van der Waals surface area (Å²) in [7, 11) is -3.35. The van der Waals surface area contributed by atoms with E-state index in [1.54, 1.807) is 0 Å². The Kier molecular flexibility index (Phi) is 4.67. The molecule has 0 spiro atoms. The van der Waals surface area contributed by atoms with Gasteiger partial charge in [-0.15, -0.1) is 0 Å². The van der Waals surface area contributed by atoms with Gasteiger partial charge in [-0.3, -0.25) is 0 Å². The molecule has 0 bridgehead atoms. The van der Waals surface area contributed by atoms with Gasteiger partial charge in [0, 0.05) is 24.8 Å². The molecule has 2 aliphatic rings. The SMILES string of the molecule is CS(=O)(=O)c1cnc(NC2Cc3ccccc3C2)nc1[C@@H]1CCCNC1. The minimum Gasteiger partial charge on any atom is -0.351 e. The van der Waals surface area contributed by atoms with Crippen molar-refractivity contribution in [1.29, 1.82) is 0 Å². The summed E-state index contributed by atoms with van der Waals surface area (Å²) in [6.45, 7) is 1.73. The van der Waals surface area contributed by atoms with E-state index in [1.807, 2.05) is 0 Å². The number of benzene rings is 1. The molecule has 0 saturated carbocycles. The van der Waals surface area contributed by atoms with Crippen LogP contribution >= 0.6 is 0 Å². The molecule has 2 aromatic rings. The zero-order valence-corrected chi connectivity index (χ0v) is 15.7. The lowest BCUT2D eigenvalue weighted by Crippen LogP contribution is -2.30. The van der Waals surface area contributed by atoms with Crippen molar-refractivity contribution in [3.8, 4) is 0 Å². The second-order valence-corrected chi connectivity index (χ2v) is 9.26. The number of hydrogen-bond acceptors (Lipinski definition) is 6. The Morgan fingerprint density at radius 1 is 1.19 bits per heavy atom. The van der Waals surface area contributed by atoms with E-state index < -0.39 is 9.84 Å². The summed E-state index contributed by atoms with van der Waals surface area (Å²) >= 11 is 0. The van der Waals surface area contributed by atoms with Crippen molar-refractivity contribution >= 4 is 15.8 Å². The number of piperidine rings is 1. The molecule has 0 unspecified atom stereocenters. The Hall–Kier alpha value is -1.99. The second-order valence-electron chi connectivity index (χ2n) is 7.28. The van der Waals surface area contributed by atoms with E-state index in [9.17, 15) is 8.42 Å². The van der Waals surface area contributed by atoms with Gasteiger partial charge in [0.2, 0.25) is 5.95 Å². The lowest BCUT2D eigenvalue weighted by atomic mass is 9.96. The third-order valence-electron chi connectivity index (χ3n) is 5.25. The fourth-order valence-electron chi connectivity index (χ4n) is 3.96. The Bertz CT molecular complexity index is 883. The van der Waals surface area contributed by atoms with E-state index in [1.165, 1.54) is 23.6 Å². The predicted octanol–water partition coefficient (Wildman–Crippen LogP) is 1.93. The minimum atomic E-state index is -3.35.